The number of hydrogen-bond acceptors (Lipinski definition) is 3. The van der Waals surface area contributed by atoms with Gasteiger partial charge in [-0.1, -0.05) is 19.8 Å². The van der Waals surface area contributed by atoms with Gasteiger partial charge in [0.05, 0.1) is 0 Å². The standard InChI is InChI=1S/C16H32N2O2/c1-5-6-13-8-11-18(12-9-14(13)7-10-17)15(19)20-16(2,3)4/h13-14H,5-12,17H2,1-4H3. The van der Waals surface area contributed by atoms with E-state index in [0.717, 1.165) is 38.9 Å². The van der Waals surface area contributed by atoms with Gasteiger partial charge in [0.2, 0.25) is 0 Å². The molecule has 1 fully saturated rings. The highest BCUT2D eigenvalue weighted by Gasteiger charge is 2.29. The van der Waals surface area contributed by atoms with E-state index in [9.17, 15) is 4.79 Å². The number of ether oxygens (including phenoxy) is 1. The quantitative estimate of drug-likeness (QED) is 0.861. The third kappa shape index (κ3) is 5.70. The highest BCUT2D eigenvalue weighted by atomic mass is 16.6. The van der Waals surface area contributed by atoms with Gasteiger partial charge in [0.1, 0.15) is 5.60 Å². The molecule has 1 aliphatic rings. The molecule has 0 spiro atoms. The highest BCUT2D eigenvalue weighted by molar-refractivity contribution is 5.68. The number of carbonyl (C=O) groups is 1. The Balaban J connectivity index is 2.61. The van der Waals surface area contributed by atoms with Crippen LogP contribution in [0, 0.1) is 11.8 Å². The molecule has 1 heterocycles. The molecule has 1 rings (SSSR count). The summed E-state index contributed by atoms with van der Waals surface area (Å²) in [6.07, 6.45) is 5.50. The van der Waals surface area contributed by atoms with Crippen LogP contribution in [-0.2, 0) is 4.74 Å². The van der Waals surface area contributed by atoms with Crippen LogP contribution in [0.4, 0.5) is 4.79 Å². The number of likely N-dealkylation sites (tertiary alicyclic amines) is 1. The molecule has 118 valence electrons. The number of amides is 1. The van der Waals surface area contributed by atoms with Crippen LogP contribution < -0.4 is 5.73 Å². The van der Waals surface area contributed by atoms with Crippen molar-refractivity contribution in [1.82, 2.24) is 4.90 Å². The lowest BCUT2D eigenvalue weighted by Crippen LogP contribution is -2.37. The summed E-state index contributed by atoms with van der Waals surface area (Å²) in [5.74, 6) is 1.36. The molecule has 0 aromatic rings. The molecule has 1 amide bonds. The molecule has 0 aromatic carbocycles. The van der Waals surface area contributed by atoms with E-state index in [1.807, 2.05) is 25.7 Å². The van der Waals surface area contributed by atoms with Crippen molar-refractivity contribution < 1.29 is 9.53 Å². The van der Waals surface area contributed by atoms with Crippen molar-refractivity contribution in [2.24, 2.45) is 17.6 Å². The second-order valence-electron chi connectivity index (χ2n) is 6.93. The van der Waals surface area contributed by atoms with Crippen molar-refractivity contribution >= 4 is 6.09 Å². The minimum atomic E-state index is -0.414. The fourth-order valence-corrected chi connectivity index (χ4v) is 3.08. The summed E-state index contributed by atoms with van der Waals surface area (Å²) in [6.45, 7) is 10.4. The zero-order chi connectivity index (χ0) is 15.2. The predicted molar refractivity (Wildman–Crippen MR) is 82.6 cm³/mol. The topological polar surface area (TPSA) is 55.6 Å². The first-order valence-corrected chi connectivity index (χ1v) is 8.05. The lowest BCUT2D eigenvalue weighted by atomic mass is 9.82. The van der Waals surface area contributed by atoms with Crippen molar-refractivity contribution in [3.8, 4) is 0 Å². The monoisotopic (exact) mass is 284 g/mol. The average Bonchev–Trinajstić information content (AvgIpc) is 2.52. The number of nitrogens with zero attached hydrogens (tertiary/aromatic N) is 1. The number of hydrogen-bond donors (Lipinski definition) is 1. The summed E-state index contributed by atoms with van der Waals surface area (Å²) < 4.78 is 5.49. The van der Waals surface area contributed by atoms with Gasteiger partial charge in [0.15, 0.2) is 0 Å². The largest absolute Gasteiger partial charge is 0.444 e. The molecule has 1 aliphatic heterocycles. The lowest BCUT2D eigenvalue weighted by molar-refractivity contribution is 0.0254. The Hall–Kier alpha value is -0.770. The highest BCUT2D eigenvalue weighted by Crippen LogP contribution is 2.30. The normalized spacial score (nSPS) is 24.4. The van der Waals surface area contributed by atoms with E-state index < -0.39 is 5.60 Å². The molecule has 20 heavy (non-hydrogen) atoms. The van der Waals surface area contributed by atoms with Crippen LogP contribution in [0.15, 0.2) is 0 Å². The third-order valence-corrected chi connectivity index (χ3v) is 4.05. The van der Waals surface area contributed by atoms with Gasteiger partial charge in [-0.25, -0.2) is 4.79 Å². The van der Waals surface area contributed by atoms with Crippen LogP contribution >= 0.6 is 0 Å². The van der Waals surface area contributed by atoms with Crippen LogP contribution in [0.2, 0.25) is 0 Å². The van der Waals surface area contributed by atoms with Crippen molar-refractivity contribution in [2.75, 3.05) is 19.6 Å². The molecule has 0 bridgehead atoms. The van der Waals surface area contributed by atoms with E-state index in [1.54, 1.807) is 0 Å². The summed E-state index contributed by atoms with van der Waals surface area (Å²) in [5, 5.41) is 0. The van der Waals surface area contributed by atoms with Crippen molar-refractivity contribution in [2.45, 2.75) is 65.4 Å². The van der Waals surface area contributed by atoms with Crippen LogP contribution in [0.25, 0.3) is 0 Å². The Morgan fingerprint density at radius 3 is 2.20 bits per heavy atom. The minimum Gasteiger partial charge on any atom is -0.444 e. The fraction of sp³-hybridized carbons (Fsp3) is 0.938. The fourth-order valence-electron chi connectivity index (χ4n) is 3.08. The maximum atomic E-state index is 12.2. The molecular weight excluding hydrogens is 252 g/mol. The maximum Gasteiger partial charge on any atom is 0.410 e. The van der Waals surface area contributed by atoms with Crippen molar-refractivity contribution in [1.29, 1.82) is 0 Å². The van der Waals surface area contributed by atoms with Gasteiger partial charge in [-0.05, 0) is 58.4 Å². The van der Waals surface area contributed by atoms with Gasteiger partial charge in [0.25, 0.3) is 0 Å². The number of rotatable bonds is 4. The summed E-state index contributed by atoms with van der Waals surface area (Å²) in [7, 11) is 0. The Bertz CT molecular complexity index is 283. The van der Waals surface area contributed by atoms with Gasteiger partial charge in [-0.3, -0.25) is 0 Å². The van der Waals surface area contributed by atoms with Crippen molar-refractivity contribution in [3.63, 3.8) is 0 Å². The van der Waals surface area contributed by atoms with Gasteiger partial charge >= 0.3 is 6.09 Å². The van der Waals surface area contributed by atoms with E-state index >= 15 is 0 Å². The smallest absolute Gasteiger partial charge is 0.410 e. The average molecular weight is 284 g/mol. The summed E-state index contributed by atoms with van der Waals surface area (Å²) in [6, 6.07) is 0. The second kappa shape index (κ2) is 7.87. The molecule has 0 radical (unpaired) electrons. The van der Waals surface area contributed by atoms with E-state index in [-0.39, 0.29) is 6.09 Å². The summed E-state index contributed by atoms with van der Waals surface area (Å²) in [5.41, 5.74) is 5.33. The zero-order valence-corrected chi connectivity index (χ0v) is 13.7. The van der Waals surface area contributed by atoms with Gasteiger partial charge < -0.3 is 15.4 Å². The Morgan fingerprint density at radius 1 is 1.20 bits per heavy atom. The van der Waals surface area contributed by atoms with Gasteiger partial charge in [-0.2, -0.15) is 0 Å². The predicted octanol–water partition coefficient (Wildman–Crippen LogP) is 3.40. The van der Waals surface area contributed by atoms with Crippen LogP contribution in [0.3, 0.4) is 0 Å². The Kier molecular flexibility index (Phi) is 6.80. The Labute approximate surface area is 124 Å². The molecule has 4 heteroatoms. The molecule has 1 saturated heterocycles. The molecule has 0 saturated carbocycles. The molecule has 2 atom stereocenters. The molecule has 2 unspecified atom stereocenters. The maximum absolute atomic E-state index is 12.2. The van der Waals surface area contributed by atoms with E-state index in [4.69, 9.17) is 10.5 Å². The van der Waals surface area contributed by atoms with Gasteiger partial charge in [0, 0.05) is 13.1 Å². The van der Waals surface area contributed by atoms with Gasteiger partial charge in [-0.15, -0.1) is 0 Å². The van der Waals surface area contributed by atoms with Crippen LogP contribution in [-0.4, -0.2) is 36.2 Å². The molecular formula is C16H32N2O2. The summed E-state index contributed by atoms with van der Waals surface area (Å²) >= 11 is 0. The van der Waals surface area contributed by atoms with Crippen LogP contribution in [0.1, 0.15) is 59.8 Å². The first-order chi connectivity index (χ1) is 9.37. The molecule has 2 N–H and O–H groups in total. The second-order valence-corrected chi connectivity index (χ2v) is 6.93. The zero-order valence-electron chi connectivity index (χ0n) is 13.7. The molecule has 4 nitrogen and oxygen atoms in total. The number of nitrogens with two attached hydrogens (primary N) is 1. The molecule has 0 aromatic heterocycles. The first kappa shape index (κ1) is 17.3. The molecule has 0 aliphatic carbocycles. The minimum absolute atomic E-state index is 0.166. The number of carbonyl (C=O) groups excluding carboxylic acids is 1. The van der Waals surface area contributed by atoms with Crippen molar-refractivity contribution in [3.05, 3.63) is 0 Å². The first-order valence-electron chi connectivity index (χ1n) is 8.05. The Morgan fingerprint density at radius 2 is 1.75 bits per heavy atom. The van der Waals surface area contributed by atoms with E-state index in [0.29, 0.717) is 11.8 Å². The third-order valence-electron chi connectivity index (χ3n) is 4.05. The lowest BCUT2D eigenvalue weighted by Gasteiger charge is -2.26. The van der Waals surface area contributed by atoms with E-state index in [1.165, 1.54) is 12.8 Å². The summed E-state index contributed by atoms with van der Waals surface area (Å²) in [4.78, 5) is 14.1. The van der Waals surface area contributed by atoms with E-state index in [2.05, 4.69) is 6.92 Å². The SMILES string of the molecule is CCCC1CCN(C(=O)OC(C)(C)C)CCC1CCN. The van der Waals surface area contributed by atoms with Crippen LogP contribution in [0.5, 0.6) is 0 Å².